The predicted octanol–water partition coefficient (Wildman–Crippen LogP) is 5.00. The molecule has 5 rings (SSSR count). The zero-order chi connectivity index (χ0) is 28.9. The molecule has 9 heteroatoms. The summed E-state index contributed by atoms with van der Waals surface area (Å²) in [5.74, 6) is -1.04. The van der Waals surface area contributed by atoms with E-state index in [1.807, 2.05) is 42.0 Å². The number of ether oxygens (including phenoxy) is 2. The quantitative estimate of drug-likeness (QED) is 0.161. The molecule has 1 fully saturated rings. The number of imidazole rings is 1. The molecule has 0 aliphatic carbocycles. The summed E-state index contributed by atoms with van der Waals surface area (Å²) in [6.45, 7) is 3.27. The molecule has 1 saturated heterocycles. The standard InChI is InChI=1S/C32H31N3O6/c1-21-6-3-4-7-24(21)19-41-25-11-8-22(9-12-25)30(37)28-29(23-10-13-26(36)27(18-23)40-2)35(32(39)31(28)38)16-5-15-34-17-14-33-20-34/h3-4,6-14,17-18,20,29,36-37H,5,15-16,19H2,1-2H3/b30-28+/t29-/m0/s1. The van der Waals surface area contributed by atoms with E-state index in [1.54, 1.807) is 48.9 Å². The van der Waals surface area contributed by atoms with Crippen LogP contribution in [0.1, 0.15) is 34.7 Å². The maximum atomic E-state index is 13.4. The van der Waals surface area contributed by atoms with E-state index < -0.39 is 17.7 Å². The van der Waals surface area contributed by atoms with Gasteiger partial charge in [0.05, 0.1) is 25.1 Å². The van der Waals surface area contributed by atoms with Crippen molar-refractivity contribution in [1.29, 1.82) is 0 Å². The number of likely N-dealkylation sites (tertiary alicyclic amines) is 1. The maximum absolute atomic E-state index is 13.4. The van der Waals surface area contributed by atoms with Gasteiger partial charge in [-0.2, -0.15) is 0 Å². The van der Waals surface area contributed by atoms with Gasteiger partial charge < -0.3 is 29.2 Å². The first-order valence-electron chi connectivity index (χ1n) is 13.3. The number of hydrogen-bond donors (Lipinski definition) is 2. The number of aromatic nitrogens is 2. The molecule has 4 aromatic rings. The number of aromatic hydroxyl groups is 1. The zero-order valence-corrected chi connectivity index (χ0v) is 22.9. The monoisotopic (exact) mass is 553 g/mol. The van der Waals surface area contributed by atoms with Crippen molar-refractivity contribution in [2.24, 2.45) is 0 Å². The van der Waals surface area contributed by atoms with Gasteiger partial charge in [0.1, 0.15) is 18.1 Å². The molecule has 41 heavy (non-hydrogen) atoms. The van der Waals surface area contributed by atoms with Gasteiger partial charge in [-0.25, -0.2) is 4.98 Å². The van der Waals surface area contributed by atoms with Gasteiger partial charge >= 0.3 is 0 Å². The van der Waals surface area contributed by atoms with Gasteiger partial charge in [0.25, 0.3) is 11.7 Å². The summed E-state index contributed by atoms with van der Waals surface area (Å²) in [4.78, 5) is 32.1. The number of aryl methyl sites for hydroxylation is 2. The van der Waals surface area contributed by atoms with E-state index in [4.69, 9.17) is 9.47 Å². The molecule has 1 aliphatic heterocycles. The lowest BCUT2D eigenvalue weighted by Crippen LogP contribution is -2.31. The first-order chi connectivity index (χ1) is 19.9. The summed E-state index contributed by atoms with van der Waals surface area (Å²) in [5, 5.41) is 21.5. The van der Waals surface area contributed by atoms with Crippen molar-refractivity contribution in [2.75, 3.05) is 13.7 Å². The molecule has 0 spiro atoms. The van der Waals surface area contributed by atoms with Crippen molar-refractivity contribution < 1.29 is 29.3 Å². The molecule has 0 radical (unpaired) electrons. The van der Waals surface area contributed by atoms with Crippen LogP contribution in [0, 0.1) is 6.92 Å². The van der Waals surface area contributed by atoms with Crippen LogP contribution in [-0.2, 0) is 22.7 Å². The number of rotatable bonds is 10. The number of aliphatic hydroxyl groups is 1. The average molecular weight is 554 g/mol. The number of nitrogens with zero attached hydrogens (tertiary/aromatic N) is 3. The molecule has 0 unspecified atom stereocenters. The maximum Gasteiger partial charge on any atom is 0.295 e. The van der Waals surface area contributed by atoms with E-state index in [2.05, 4.69) is 4.98 Å². The Bertz CT molecular complexity index is 1580. The molecular formula is C32H31N3O6. The summed E-state index contributed by atoms with van der Waals surface area (Å²) in [5.41, 5.74) is 3.07. The van der Waals surface area contributed by atoms with Crippen molar-refractivity contribution in [3.63, 3.8) is 0 Å². The highest BCUT2D eigenvalue weighted by molar-refractivity contribution is 6.46. The summed E-state index contributed by atoms with van der Waals surface area (Å²) in [6, 6.07) is 18.5. The van der Waals surface area contributed by atoms with Gasteiger partial charge in [-0.05, 0) is 66.4 Å². The predicted molar refractivity (Wildman–Crippen MR) is 152 cm³/mol. The second-order valence-corrected chi connectivity index (χ2v) is 9.82. The van der Waals surface area contributed by atoms with Crippen LogP contribution in [0.25, 0.3) is 5.76 Å². The fourth-order valence-electron chi connectivity index (χ4n) is 4.96. The summed E-state index contributed by atoms with van der Waals surface area (Å²) in [6.07, 6.45) is 5.74. The Morgan fingerprint density at radius 3 is 2.51 bits per heavy atom. The highest BCUT2D eigenvalue weighted by Crippen LogP contribution is 2.42. The van der Waals surface area contributed by atoms with Crippen LogP contribution in [-0.4, -0.2) is 50.0 Å². The van der Waals surface area contributed by atoms with Gasteiger partial charge in [-0.1, -0.05) is 30.3 Å². The number of benzene rings is 3. The molecule has 0 bridgehead atoms. The fraction of sp³-hybridized carbons (Fsp3) is 0.219. The molecule has 2 N–H and O–H groups in total. The number of Topliss-reactive ketones (excluding diaryl/α,β-unsaturated/α-hetero) is 1. The highest BCUT2D eigenvalue weighted by atomic mass is 16.5. The molecule has 1 atom stereocenters. The number of carbonyl (C=O) groups excluding carboxylic acids is 2. The summed E-state index contributed by atoms with van der Waals surface area (Å²) in [7, 11) is 1.42. The van der Waals surface area contributed by atoms with Crippen LogP contribution in [0.4, 0.5) is 0 Å². The third-order valence-corrected chi connectivity index (χ3v) is 7.22. The van der Waals surface area contributed by atoms with Gasteiger partial charge in [0.2, 0.25) is 0 Å². The zero-order valence-electron chi connectivity index (χ0n) is 22.9. The second-order valence-electron chi connectivity index (χ2n) is 9.82. The molecule has 2 heterocycles. The second kappa shape index (κ2) is 12.0. The van der Waals surface area contributed by atoms with Crippen molar-refractivity contribution in [3.05, 3.63) is 113 Å². The number of ketones is 1. The fourth-order valence-corrected chi connectivity index (χ4v) is 4.96. The van der Waals surface area contributed by atoms with E-state index in [0.717, 1.165) is 11.1 Å². The topological polar surface area (TPSA) is 114 Å². The molecule has 3 aromatic carbocycles. The number of phenolic OH excluding ortho intramolecular Hbond substituents is 1. The van der Waals surface area contributed by atoms with Crippen LogP contribution in [0.3, 0.4) is 0 Å². The third kappa shape index (κ3) is 5.79. The van der Waals surface area contributed by atoms with Gasteiger partial charge in [0.15, 0.2) is 11.5 Å². The Hall–Kier alpha value is -5.05. The molecule has 1 aliphatic rings. The van der Waals surface area contributed by atoms with Crippen LogP contribution >= 0.6 is 0 Å². The Labute approximate surface area is 237 Å². The lowest BCUT2D eigenvalue weighted by molar-refractivity contribution is -0.139. The lowest BCUT2D eigenvalue weighted by Gasteiger charge is -2.26. The SMILES string of the molecule is COc1cc([C@H]2/C(=C(\O)c3ccc(OCc4ccccc4C)cc3)C(=O)C(=O)N2CCCn2ccnc2)ccc1O. The smallest absolute Gasteiger partial charge is 0.295 e. The van der Waals surface area contributed by atoms with Crippen LogP contribution in [0.15, 0.2) is 91.0 Å². The first kappa shape index (κ1) is 27.5. The van der Waals surface area contributed by atoms with E-state index in [9.17, 15) is 19.8 Å². The number of amides is 1. The van der Waals surface area contributed by atoms with E-state index in [0.29, 0.717) is 36.4 Å². The Balaban J connectivity index is 1.45. The van der Waals surface area contributed by atoms with Crippen LogP contribution in [0.5, 0.6) is 17.2 Å². The van der Waals surface area contributed by atoms with Crippen molar-refractivity contribution >= 4 is 17.4 Å². The molecular weight excluding hydrogens is 522 g/mol. The van der Waals surface area contributed by atoms with Crippen molar-refractivity contribution in [2.45, 2.75) is 32.5 Å². The molecule has 210 valence electrons. The highest BCUT2D eigenvalue weighted by Gasteiger charge is 2.46. The molecule has 9 nitrogen and oxygen atoms in total. The molecule has 0 saturated carbocycles. The van der Waals surface area contributed by atoms with Crippen molar-refractivity contribution in [3.8, 4) is 17.2 Å². The normalized spacial score (nSPS) is 16.2. The van der Waals surface area contributed by atoms with Gasteiger partial charge in [-0.3, -0.25) is 9.59 Å². The van der Waals surface area contributed by atoms with E-state index >= 15 is 0 Å². The number of hydrogen-bond acceptors (Lipinski definition) is 7. The average Bonchev–Trinajstić information content (AvgIpc) is 3.59. The first-order valence-corrected chi connectivity index (χ1v) is 13.3. The van der Waals surface area contributed by atoms with E-state index in [1.165, 1.54) is 18.1 Å². The molecule has 1 amide bonds. The minimum atomic E-state index is -0.871. The molecule has 1 aromatic heterocycles. The number of phenols is 1. The lowest BCUT2D eigenvalue weighted by atomic mass is 9.95. The Kier molecular flexibility index (Phi) is 8.05. The largest absolute Gasteiger partial charge is 0.507 e. The van der Waals surface area contributed by atoms with E-state index in [-0.39, 0.29) is 29.4 Å². The summed E-state index contributed by atoms with van der Waals surface area (Å²) >= 11 is 0. The summed E-state index contributed by atoms with van der Waals surface area (Å²) < 4.78 is 13.1. The van der Waals surface area contributed by atoms with Crippen LogP contribution < -0.4 is 9.47 Å². The van der Waals surface area contributed by atoms with Crippen molar-refractivity contribution in [1.82, 2.24) is 14.5 Å². The minimum absolute atomic E-state index is 0.0287. The number of aliphatic hydroxyl groups excluding tert-OH is 1. The number of carbonyl (C=O) groups is 2. The van der Waals surface area contributed by atoms with Gasteiger partial charge in [-0.15, -0.1) is 0 Å². The Morgan fingerprint density at radius 1 is 1.02 bits per heavy atom. The van der Waals surface area contributed by atoms with Gasteiger partial charge in [0, 0.05) is 31.0 Å². The Morgan fingerprint density at radius 2 is 1.80 bits per heavy atom. The third-order valence-electron chi connectivity index (χ3n) is 7.22. The minimum Gasteiger partial charge on any atom is -0.507 e. The number of methoxy groups -OCH3 is 1. The van der Waals surface area contributed by atoms with Crippen LogP contribution in [0.2, 0.25) is 0 Å².